The van der Waals surface area contributed by atoms with Crippen LogP contribution < -0.4 is 10.6 Å². The van der Waals surface area contributed by atoms with E-state index in [4.69, 9.17) is 17.3 Å². The lowest BCUT2D eigenvalue weighted by Crippen LogP contribution is -2.27. The fraction of sp³-hybridized carbons (Fsp3) is 0.615. The van der Waals surface area contributed by atoms with Gasteiger partial charge in [0, 0.05) is 19.6 Å². The van der Waals surface area contributed by atoms with Crippen molar-refractivity contribution in [3.63, 3.8) is 0 Å². The summed E-state index contributed by atoms with van der Waals surface area (Å²) in [5, 5.41) is 0.666. The van der Waals surface area contributed by atoms with Gasteiger partial charge in [0.25, 0.3) is 0 Å². The molecule has 0 amide bonds. The molecule has 2 N–H and O–H groups in total. The lowest BCUT2D eigenvalue weighted by Gasteiger charge is -2.23. The van der Waals surface area contributed by atoms with E-state index in [9.17, 15) is 0 Å². The van der Waals surface area contributed by atoms with Crippen LogP contribution in [0.1, 0.15) is 31.9 Å². The molecule has 2 rings (SSSR count). The second kappa shape index (κ2) is 5.69. The van der Waals surface area contributed by atoms with E-state index in [1.165, 1.54) is 12.8 Å². The van der Waals surface area contributed by atoms with Gasteiger partial charge in [-0.05, 0) is 37.3 Å². The van der Waals surface area contributed by atoms with Crippen molar-refractivity contribution in [3.05, 3.63) is 22.8 Å². The standard InChI is InChI=1S/C13H20ClN3/c1-2-7-17(9-10-3-4-10)13-6-5-11(14)12(8-15)16-13/h5-6,10H,2-4,7-9,15H2,1H3. The van der Waals surface area contributed by atoms with E-state index in [0.717, 1.165) is 36.9 Å². The monoisotopic (exact) mass is 253 g/mol. The van der Waals surface area contributed by atoms with Crippen molar-refractivity contribution in [1.29, 1.82) is 0 Å². The highest BCUT2D eigenvalue weighted by molar-refractivity contribution is 6.31. The van der Waals surface area contributed by atoms with Gasteiger partial charge in [-0.3, -0.25) is 0 Å². The van der Waals surface area contributed by atoms with Crippen molar-refractivity contribution in [2.24, 2.45) is 11.7 Å². The van der Waals surface area contributed by atoms with E-state index in [2.05, 4.69) is 16.8 Å². The molecule has 0 aliphatic heterocycles. The zero-order chi connectivity index (χ0) is 12.3. The van der Waals surface area contributed by atoms with Gasteiger partial charge in [0.05, 0.1) is 10.7 Å². The highest BCUT2D eigenvalue weighted by Gasteiger charge is 2.24. The molecule has 0 spiro atoms. The molecule has 0 saturated heterocycles. The van der Waals surface area contributed by atoms with E-state index >= 15 is 0 Å². The van der Waals surface area contributed by atoms with Crippen molar-refractivity contribution in [3.8, 4) is 0 Å². The molecule has 94 valence electrons. The molecule has 0 radical (unpaired) electrons. The molecule has 17 heavy (non-hydrogen) atoms. The van der Waals surface area contributed by atoms with Gasteiger partial charge in [-0.2, -0.15) is 0 Å². The molecule has 1 aliphatic rings. The number of aromatic nitrogens is 1. The first kappa shape index (κ1) is 12.7. The summed E-state index contributed by atoms with van der Waals surface area (Å²) in [6, 6.07) is 3.90. The molecular formula is C13H20ClN3. The van der Waals surface area contributed by atoms with E-state index in [1.54, 1.807) is 0 Å². The average molecular weight is 254 g/mol. The third-order valence-electron chi connectivity index (χ3n) is 3.09. The molecule has 0 aromatic carbocycles. The molecule has 1 aromatic heterocycles. The van der Waals surface area contributed by atoms with Crippen molar-refractivity contribution < 1.29 is 0 Å². The van der Waals surface area contributed by atoms with Gasteiger partial charge >= 0.3 is 0 Å². The van der Waals surface area contributed by atoms with Crippen molar-refractivity contribution >= 4 is 17.4 Å². The Balaban J connectivity index is 2.15. The normalized spacial score (nSPS) is 15.0. The van der Waals surface area contributed by atoms with Gasteiger partial charge < -0.3 is 10.6 Å². The Kier molecular flexibility index (Phi) is 4.24. The summed E-state index contributed by atoms with van der Waals surface area (Å²) in [5.41, 5.74) is 6.43. The fourth-order valence-corrected chi connectivity index (χ4v) is 2.16. The minimum Gasteiger partial charge on any atom is -0.356 e. The van der Waals surface area contributed by atoms with E-state index < -0.39 is 0 Å². The smallest absolute Gasteiger partial charge is 0.128 e. The van der Waals surface area contributed by atoms with Crippen LogP contribution in [0.15, 0.2) is 12.1 Å². The number of anilines is 1. The quantitative estimate of drug-likeness (QED) is 0.848. The first-order chi connectivity index (χ1) is 8.24. The topological polar surface area (TPSA) is 42.1 Å². The number of pyridine rings is 1. The zero-order valence-electron chi connectivity index (χ0n) is 10.3. The van der Waals surface area contributed by atoms with Gasteiger partial charge in [0.1, 0.15) is 5.82 Å². The molecular weight excluding hydrogens is 234 g/mol. The third-order valence-corrected chi connectivity index (χ3v) is 3.43. The van der Waals surface area contributed by atoms with Crippen LogP contribution in [0.2, 0.25) is 5.02 Å². The Labute approximate surface area is 108 Å². The minimum absolute atomic E-state index is 0.399. The molecule has 3 nitrogen and oxygen atoms in total. The summed E-state index contributed by atoms with van der Waals surface area (Å²) in [6.45, 7) is 4.76. The van der Waals surface area contributed by atoms with Gasteiger partial charge in [-0.25, -0.2) is 4.98 Å². The minimum atomic E-state index is 0.399. The van der Waals surface area contributed by atoms with Gasteiger partial charge in [0.15, 0.2) is 0 Å². The number of hydrogen-bond acceptors (Lipinski definition) is 3. The highest BCUT2D eigenvalue weighted by atomic mass is 35.5. The van der Waals surface area contributed by atoms with Crippen molar-refractivity contribution in [2.45, 2.75) is 32.7 Å². The molecule has 1 aromatic rings. The molecule has 0 bridgehead atoms. The maximum Gasteiger partial charge on any atom is 0.128 e. The molecule has 4 heteroatoms. The van der Waals surface area contributed by atoms with Crippen LogP contribution >= 0.6 is 11.6 Å². The predicted octanol–water partition coefficient (Wildman–Crippen LogP) is 2.82. The van der Waals surface area contributed by atoms with Crippen molar-refractivity contribution in [1.82, 2.24) is 4.98 Å². The van der Waals surface area contributed by atoms with E-state index in [-0.39, 0.29) is 0 Å². The maximum absolute atomic E-state index is 6.04. The Bertz CT molecular complexity index is 377. The summed E-state index contributed by atoms with van der Waals surface area (Å²) < 4.78 is 0. The third kappa shape index (κ3) is 3.33. The van der Waals surface area contributed by atoms with Gasteiger partial charge in [-0.15, -0.1) is 0 Å². The van der Waals surface area contributed by atoms with Crippen LogP contribution in [0, 0.1) is 5.92 Å². The molecule has 1 fully saturated rings. The van der Waals surface area contributed by atoms with Crippen LogP contribution in [0.3, 0.4) is 0 Å². The fourth-order valence-electron chi connectivity index (χ4n) is 1.97. The Hall–Kier alpha value is -0.800. The van der Waals surface area contributed by atoms with Crippen molar-refractivity contribution in [2.75, 3.05) is 18.0 Å². The van der Waals surface area contributed by atoms with E-state index in [1.807, 2.05) is 12.1 Å². The summed E-state index contributed by atoms with van der Waals surface area (Å²) in [7, 11) is 0. The predicted molar refractivity (Wildman–Crippen MR) is 72.4 cm³/mol. The Morgan fingerprint density at radius 3 is 2.82 bits per heavy atom. The van der Waals surface area contributed by atoms with Crippen LogP contribution in [0.5, 0.6) is 0 Å². The summed E-state index contributed by atoms with van der Waals surface area (Å²) in [4.78, 5) is 6.91. The molecule has 1 saturated carbocycles. The number of hydrogen-bond donors (Lipinski definition) is 1. The molecule has 0 atom stereocenters. The summed E-state index contributed by atoms with van der Waals surface area (Å²) in [5.74, 6) is 1.88. The second-order valence-electron chi connectivity index (χ2n) is 4.69. The molecule has 1 aliphatic carbocycles. The van der Waals surface area contributed by atoms with E-state index in [0.29, 0.717) is 11.6 Å². The van der Waals surface area contributed by atoms with Gasteiger partial charge in [0.2, 0.25) is 0 Å². The zero-order valence-corrected chi connectivity index (χ0v) is 11.1. The summed E-state index contributed by atoms with van der Waals surface area (Å²) >= 11 is 6.04. The number of rotatable bonds is 6. The lowest BCUT2D eigenvalue weighted by atomic mass is 10.3. The number of nitrogens with zero attached hydrogens (tertiary/aromatic N) is 2. The first-order valence-electron chi connectivity index (χ1n) is 6.35. The maximum atomic E-state index is 6.04. The summed E-state index contributed by atoms with van der Waals surface area (Å²) in [6.07, 6.45) is 3.85. The number of halogens is 1. The van der Waals surface area contributed by atoms with Crippen LogP contribution in [0.4, 0.5) is 5.82 Å². The largest absolute Gasteiger partial charge is 0.356 e. The van der Waals surface area contributed by atoms with Crippen LogP contribution in [0.25, 0.3) is 0 Å². The van der Waals surface area contributed by atoms with Gasteiger partial charge in [-0.1, -0.05) is 18.5 Å². The second-order valence-corrected chi connectivity index (χ2v) is 5.10. The highest BCUT2D eigenvalue weighted by Crippen LogP contribution is 2.31. The molecule has 0 unspecified atom stereocenters. The SMILES string of the molecule is CCCN(CC1CC1)c1ccc(Cl)c(CN)n1. The van der Waals surface area contributed by atoms with Crippen LogP contribution in [-0.2, 0) is 6.54 Å². The lowest BCUT2D eigenvalue weighted by molar-refractivity contribution is 0.697. The first-order valence-corrected chi connectivity index (χ1v) is 6.72. The Morgan fingerprint density at radius 2 is 2.24 bits per heavy atom. The van der Waals surface area contributed by atoms with Crippen LogP contribution in [-0.4, -0.2) is 18.1 Å². The Morgan fingerprint density at radius 1 is 1.47 bits per heavy atom. The average Bonchev–Trinajstić information content (AvgIpc) is 3.13. The molecule has 1 heterocycles. The number of nitrogens with two attached hydrogens (primary N) is 1.